The number of aryl methyl sites for hydroxylation is 2. The van der Waals surface area contributed by atoms with Crippen LogP contribution >= 0.6 is 0 Å². The quantitative estimate of drug-likeness (QED) is 0.533. The van der Waals surface area contributed by atoms with Crippen LogP contribution < -0.4 is 14.8 Å². The number of benzene rings is 2. The van der Waals surface area contributed by atoms with Gasteiger partial charge in [-0.05, 0) is 48.2 Å². The van der Waals surface area contributed by atoms with Crippen molar-refractivity contribution < 1.29 is 22.7 Å². The van der Waals surface area contributed by atoms with Gasteiger partial charge < -0.3 is 10.1 Å². The van der Waals surface area contributed by atoms with Gasteiger partial charge in [-0.15, -0.1) is 0 Å². The summed E-state index contributed by atoms with van der Waals surface area (Å²) in [7, 11) is -2.28. The lowest BCUT2D eigenvalue weighted by Gasteiger charge is -2.13. The summed E-state index contributed by atoms with van der Waals surface area (Å²) in [6.45, 7) is 3.72. The minimum atomic E-state index is -3.85. The predicted octanol–water partition coefficient (Wildman–Crippen LogP) is 3.28. The monoisotopic (exact) mass is 482 g/mol. The molecule has 1 amide bonds. The molecule has 0 aliphatic carbocycles. The fraction of sp³-hybridized carbons (Fsp3) is 0.292. The molecule has 0 spiro atoms. The third-order valence-corrected chi connectivity index (χ3v) is 7.29. The first-order chi connectivity index (χ1) is 16.2. The summed E-state index contributed by atoms with van der Waals surface area (Å²) >= 11 is 0. The van der Waals surface area contributed by atoms with E-state index in [1.54, 1.807) is 56.5 Å². The highest BCUT2D eigenvalue weighted by molar-refractivity contribution is 7.89. The number of sulfonamides is 1. The molecule has 2 heterocycles. The van der Waals surface area contributed by atoms with Crippen LogP contribution in [0, 0.1) is 6.92 Å². The van der Waals surface area contributed by atoms with Crippen LogP contribution in [0.4, 0.5) is 5.82 Å². The van der Waals surface area contributed by atoms with Crippen LogP contribution in [0.15, 0.2) is 47.4 Å². The van der Waals surface area contributed by atoms with Crippen molar-refractivity contribution in [2.75, 3.05) is 12.4 Å². The molecule has 9 nitrogen and oxygen atoms in total. The standard InChI is InChI=1S/C24H26N4O5S/c1-4-19-23(24-26-21(29)11-12-22(30)28(24)27-19)17-8-5-15(2)20(13-17)34(31,32)25-14-16-6-9-18(33-3)10-7-16/h5-10,13,25H,4,11-12,14H2,1-3H3,(H,26,29). The number of aromatic nitrogens is 2. The summed E-state index contributed by atoms with van der Waals surface area (Å²) in [5, 5.41) is 7.17. The second-order valence-corrected chi connectivity index (χ2v) is 9.77. The highest BCUT2D eigenvalue weighted by atomic mass is 32.2. The zero-order valence-corrected chi connectivity index (χ0v) is 20.0. The van der Waals surface area contributed by atoms with E-state index in [9.17, 15) is 18.0 Å². The van der Waals surface area contributed by atoms with Gasteiger partial charge in [-0.3, -0.25) is 9.59 Å². The summed E-state index contributed by atoms with van der Waals surface area (Å²) < 4.78 is 35.4. The molecule has 34 heavy (non-hydrogen) atoms. The molecular weight excluding hydrogens is 456 g/mol. The third-order valence-electron chi connectivity index (χ3n) is 5.74. The van der Waals surface area contributed by atoms with Crippen LogP contribution in [0.3, 0.4) is 0 Å². The van der Waals surface area contributed by atoms with Gasteiger partial charge in [0, 0.05) is 24.9 Å². The number of amides is 1. The van der Waals surface area contributed by atoms with E-state index in [2.05, 4.69) is 15.1 Å². The first-order valence-electron chi connectivity index (χ1n) is 10.9. The number of fused-ring (bicyclic) bond motifs is 1. The van der Waals surface area contributed by atoms with Gasteiger partial charge in [0.1, 0.15) is 11.6 Å². The Kier molecular flexibility index (Phi) is 6.54. The van der Waals surface area contributed by atoms with E-state index >= 15 is 0 Å². The number of carbonyl (C=O) groups excluding carboxylic acids is 2. The van der Waals surface area contributed by atoms with Gasteiger partial charge in [0.15, 0.2) is 0 Å². The molecule has 3 aromatic rings. The maximum Gasteiger partial charge on any atom is 0.249 e. The Morgan fingerprint density at radius 3 is 2.53 bits per heavy atom. The Hall–Kier alpha value is -3.50. The second kappa shape index (κ2) is 9.40. The fourth-order valence-corrected chi connectivity index (χ4v) is 5.16. The van der Waals surface area contributed by atoms with Crippen molar-refractivity contribution in [1.82, 2.24) is 14.5 Å². The van der Waals surface area contributed by atoms with Crippen LogP contribution in [0.25, 0.3) is 11.1 Å². The Bertz CT molecular complexity index is 1360. The van der Waals surface area contributed by atoms with Crippen molar-refractivity contribution in [2.24, 2.45) is 0 Å². The molecule has 0 saturated carbocycles. The number of nitrogens with one attached hydrogen (secondary N) is 2. The minimum Gasteiger partial charge on any atom is -0.497 e. The SMILES string of the molecule is CCc1nn2c(c1-c1ccc(C)c(S(=O)(=O)NCc3ccc(OC)cc3)c1)NC(=O)CCC2=O. The smallest absolute Gasteiger partial charge is 0.249 e. The molecule has 2 aromatic carbocycles. The highest BCUT2D eigenvalue weighted by Gasteiger charge is 2.28. The molecule has 1 aromatic heterocycles. The van der Waals surface area contributed by atoms with Crippen molar-refractivity contribution in [3.8, 4) is 16.9 Å². The zero-order valence-electron chi connectivity index (χ0n) is 19.2. The molecular formula is C24H26N4O5S. The lowest BCUT2D eigenvalue weighted by Crippen LogP contribution is -2.24. The van der Waals surface area contributed by atoms with Gasteiger partial charge in [-0.2, -0.15) is 9.78 Å². The Morgan fingerprint density at radius 1 is 1.12 bits per heavy atom. The van der Waals surface area contributed by atoms with Gasteiger partial charge in [-0.1, -0.05) is 31.2 Å². The lowest BCUT2D eigenvalue weighted by molar-refractivity contribution is -0.116. The molecule has 0 atom stereocenters. The van der Waals surface area contributed by atoms with Gasteiger partial charge in [0.05, 0.1) is 17.7 Å². The van der Waals surface area contributed by atoms with Gasteiger partial charge >= 0.3 is 0 Å². The molecule has 2 N–H and O–H groups in total. The van der Waals surface area contributed by atoms with Crippen LogP contribution in [0.2, 0.25) is 0 Å². The Morgan fingerprint density at radius 2 is 1.85 bits per heavy atom. The van der Waals surface area contributed by atoms with Crippen molar-refractivity contribution in [3.05, 3.63) is 59.3 Å². The van der Waals surface area contributed by atoms with E-state index in [0.717, 1.165) is 5.56 Å². The molecule has 1 aliphatic heterocycles. The third kappa shape index (κ3) is 4.59. The summed E-state index contributed by atoms with van der Waals surface area (Å²) in [5.74, 6) is 0.405. The van der Waals surface area contributed by atoms with Crippen molar-refractivity contribution in [3.63, 3.8) is 0 Å². The number of carbonyl (C=O) groups is 2. The maximum atomic E-state index is 13.2. The molecule has 0 unspecified atom stereocenters. The topological polar surface area (TPSA) is 119 Å². The van der Waals surface area contributed by atoms with Crippen molar-refractivity contribution >= 4 is 27.7 Å². The first-order valence-corrected chi connectivity index (χ1v) is 12.4. The van der Waals surface area contributed by atoms with Gasteiger partial charge in [0.2, 0.25) is 21.8 Å². The molecule has 10 heteroatoms. The van der Waals surface area contributed by atoms with Crippen molar-refractivity contribution in [1.29, 1.82) is 0 Å². The van der Waals surface area contributed by atoms with E-state index in [4.69, 9.17) is 4.74 Å². The number of ether oxygens (including phenoxy) is 1. The number of rotatable bonds is 7. The molecule has 0 fully saturated rings. The van der Waals surface area contributed by atoms with Gasteiger partial charge in [-0.25, -0.2) is 13.1 Å². The van der Waals surface area contributed by atoms with E-state index in [1.165, 1.54) is 4.68 Å². The second-order valence-electron chi connectivity index (χ2n) is 8.03. The van der Waals surface area contributed by atoms with Crippen LogP contribution in [-0.2, 0) is 27.8 Å². The fourth-order valence-electron chi connectivity index (χ4n) is 3.88. The predicted molar refractivity (Wildman–Crippen MR) is 127 cm³/mol. The summed E-state index contributed by atoms with van der Waals surface area (Å²) in [5.41, 5.74) is 3.07. The summed E-state index contributed by atoms with van der Waals surface area (Å²) in [6, 6.07) is 12.2. The zero-order chi connectivity index (χ0) is 24.5. The van der Waals surface area contributed by atoms with Crippen LogP contribution in [0.5, 0.6) is 5.75 Å². The lowest BCUT2D eigenvalue weighted by atomic mass is 10.0. The maximum absolute atomic E-state index is 13.2. The largest absolute Gasteiger partial charge is 0.497 e. The summed E-state index contributed by atoms with van der Waals surface area (Å²) in [4.78, 5) is 24.8. The van der Waals surface area contributed by atoms with Crippen molar-refractivity contribution in [2.45, 2.75) is 44.6 Å². The summed E-state index contributed by atoms with van der Waals surface area (Å²) in [6.07, 6.45) is 0.641. The Balaban J connectivity index is 1.71. The average molecular weight is 483 g/mol. The molecule has 0 saturated heterocycles. The highest BCUT2D eigenvalue weighted by Crippen LogP contribution is 2.35. The molecule has 178 valence electrons. The van der Waals surface area contributed by atoms with Crippen LogP contribution in [-0.4, -0.2) is 37.1 Å². The van der Waals surface area contributed by atoms with E-state index in [0.29, 0.717) is 34.6 Å². The van der Waals surface area contributed by atoms with E-state index < -0.39 is 10.0 Å². The number of methoxy groups -OCH3 is 1. The van der Waals surface area contributed by atoms with E-state index in [-0.39, 0.29) is 41.9 Å². The number of hydrogen-bond donors (Lipinski definition) is 2. The average Bonchev–Trinajstić information content (AvgIpc) is 3.13. The Labute approximate surface area is 198 Å². The number of nitrogens with zero attached hydrogens (tertiary/aromatic N) is 2. The normalized spacial score (nSPS) is 13.9. The van der Waals surface area contributed by atoms with Gasteiger partial charge in [0.25, 0.3) is 0 Å². The molecule has 4 rings (SSSR count). The van der Waals surface area contributed by atoms with Crippen LogP contribution in [0.1, 0.15) is 41.4 Å². The van der Waals surface area contributed by atoms with E-state index in [1.807, 2.05) is 6.92 Å². The molecule has 0 bridgehead atoms. The number of hydrogen-bond acceptors (Lipinski definition) is 6. The number of anilines is 1. The first kappa shape index (κ1) is 23.7. The molecule has 0 radical (unpaired) electrons. The molecule has 1 aliphatic rings. The minimum absolute atomic E-state index is 0.0614.